The Kier molecular flexibility index (Phi) is 6.54. The first-order valence-corrected chi connectivity index (χ1v) is 13.8. The molecule has 0 aromatic rings. The third kappa shape index (κ3) is 3.72. The Morgan fingerprint density at radius 1 is 1.11 bits per heavy atom. The van der Waals surface area contributed by atoms with Crippen LogP contribution in [0.4, 0.5) is 0 Å². The summed E-state index contributed by atoms with van der Waals surface area (Å²) in [5.74, 6) is -0.966. The molecule has 4 aliphatic rings. The molecule has 4 heteroatoms. The number of carboxylic acids is 1. The van der Waals surface area contributed by atoms with E-state index in [1.165, 1.54) is 11.1 Å². The van der Waals surface area contributed by atoms with Crippen LogP contribution >= 0.6 is 0 Å². The van der Waals surface area contributed by atoms with Crippen molar-refractivity contribution in [3.05, 3.63) is 35.5 Å². The molecule has 8 atom stereocenters. The Morgan fingerprint density at radius 2 is 1.77 bits per heavy atom. The lowest BCUT2D eigenvalue weighted by Crippen LogP contribution is -2.54. The summed E-state index contributed by atoms with van der Waals surface area (Å²) in [6.45, 7) is 19.7. The maximum atomic E-state index is 12.6. The van der Waals surface area contributed by atoms with Crippen molar-refractivity contribution in [3.63, 3.8) is 0 Å². The molecule has 3 N–H and O–H groups in total. The molecule has 0 aromatic heterocycles. The number of rotatable bonds is 6. The number of carboxylic acid groups (broad SMARTS) is 1. The van der Waals surface area contributed by atoms with Gasteiger partial charge in [0.25, 0.3) is 0 Å². The van der Waals surface area contributed by atoms with Crippen LogP contribution in [0.5, 0.6) is 0 Å². The van der Waals surface area contributed by atoms with Crippen LogP contribution in [0.1, 0.15) is 93.4 Å². The van der Waals surface area contributed by atoms with Gasteiger partial charge in [0.1, 0.15) is 0 Å². The molecule has 0 saturated heterocycles. The minimum Gasteiger partial charge on any atom is -0.481 e. The number of hydrogen-bond donors (Lipinski definition) is 3. The van der Waals surface area contributed by atoms with Crippen LogP contribution in [0.25, 0.3) is 0 Å². The summed E-state index contributed by atoms with van der Waals surface area (Å²) in [5.41, 5.74) is 3.09. The van der Waals surface area contributed by atoms with E-state index in [0.29, 0.717) is 31.1 Å². The highest BCUT2D eigenvalue weighted by molar-refractivity contribution is 5.71. The van der Waals surface area contributed by atoms with Crippen molar-refractivity contribution in [1.29, 1.82) is 0 Å². The molecule has 4 aliphatic carbocycles. The van der Waals surface area contributed by atoms with Gasteiger partial charge in [0.05, 0.1) is 18.1 Å². The fourth-order valence-corrected chi connectivity index (χ4v) is 8.90. The minimum atomic E-state index is -0.793. The molecule has 4 nitrogen and oxygen atoms in total. The van der Waals surface area contributed by atoms with Crippen LogP contribution < -0.4 is 0 Å². The van der Waals surface area contributed by atoms with Gasteiger partial charge in [-0.15, -0.1) is 0 Å². The smallest absolute Gasteiger partial charge is 0.306 e. The van der Waals surface area contributed by atoms with Crippen molar-refractivity contribution >= 4 is 5.97 Å². The van der Waals surface area contributed by atoms with E-state index in [1.54, 1.807) is 0 Å². The molecule has 196 valence electrons. The third-order valence-corrected chi connectivity index (χ3v) is 11.6. The second kappa shape index (κ2) is 8.58. The van der Waals surface area contributed by atoms with E-state index >= 15 is 0 Å². The van der Waals surface area contributed by atoms with Crippen LogP contribution in [-0.4, -0.2) is 33.5 Å². The Labute approximate surface area is 212 Å². The van der Waals surface area contributed by atoms with Gasteiger partial charge in [-0.25, -0.2) is 0 Å². The Bertz CT molecular complexity index is 957. The molecule has 4 rings (SSSR count). The van der Waals surface area contributed by atoms with Crippen LogP contribution in [0.15, 0.2) is 35.5 Å². The lowest BCUT2D eigenvalue weighted by molar-refractivity contribution is -0.148. The van der Waals surface area contributed by atoms with Crippen LogP contribution in [0.3, 0.4) is 0 Å². The number of allylic oxidation sites excluding steroid dienone is 5. The lowest BCUT2D eigenvalue weighted by atomic mass is 9.44. The van der Waals surface area contributed by atoms with Gasteiger partial charge in [0.15, 0.2) is 0 Å². The largest absolute Gasteiger partial charge is 0.481 e. The maximum absolute atomic E-state index is 12.6. The quantitative estimate of drug-likeness (QED) is 0.374. The molecular weight excluding hydrogens is 436 g/mol. The number of hydrogen-bond acceptors (Lipinski definition) is 3. The molecule has 0 radical (unpaired) electrons. The number of fused-ring (bicyclic) bond motifs is 5. The molecule has 0 bridgehead atoms. The second-order valence-electron chi connectivity index (χ2n) is 13.9. The highest BCUT2D eigenvalue weighted by atomic mass is 16.4. The van der Waals surface area contributed by atoms with Gasteiger partial charge in [-0.3, -0.25) is 4.79 Å². The fraction of sp³-hybridized carbons (Fsp3) is 0.774. The number of carbonyl (C=O) groups is 1. The van der Waals surface area contributed by atoms with Gasteiger partial charge in [0, 0.05) is 11.3 Å². The van der Waals surface area contributed by atoms with Crippen molar-refractivity contribution in [3.8, 4) is 0 Å². The van der Waals surface area contributed by atoms with Gasteiger partial charge in [-0.1, -0.05) is 72.8 Å². The normalized spacial score (nSPS) is 42.9. The summed E-state index contributed by atoms with van der Waals surface area (Å²) in [4.78, 5) is 12.6. The molecule has 0 aliphatic heterocycles. The zero-order valence-electron chi connectivity index (χ0n) is 23.0. The fourth-order valence-electron chi connectivity index (χ4n) is 8.90. The van der Waals surface area contributed by atoms with Crippen molar-refractivity contribution in [2.24, 2.45) is 45.3 Å². The summed E-state index contributed by atoms with van der Waals surface area (Å²) in [6, 6.07) is 0. The average Bonchev–Trinajstić information content (AvgIpc) is 2.97. The summed E-state index contributed by atoms with van der Waals surface area (Å²) < 4.78 is 0. The SMILES string of the molecule is C=C(CC[C@@H](C(=O)O)[C@H]1[C@H](O)C[C@@]2(C)C3=CC[C@@H]4C(C)(CCC(O)C4(C)C)C3=CC[C@]12C)C(C)C. The molecule has 0 heterocycles. The molecule has 35 heavy (non-hydrogen) atoms. The van der Waals surface area contributed by atoms with Gasteiger partial charge in [0.2, 0.25) is 0 Å². The summed E-state index contributed by atoms with van der Waals surface area (Å²) in [6.07, 6.45) is 9.19. The van der Waals surface area contributed by atoms with E-state index in [9.17, 15) is 20.1 Å². The lowest BCUT2D eigenvalue weighted by Gasteiger charge is -2.61. The van der Waals surface area contributed by atoms with Gasteiger partial charge < -0.3 is 15.3 Å². The standard InChI is InChI=1S/C31H48O4/c1-18(2)19(3)9-10-20(27(34)35)26-23(32)17-31(8)22-11-12-24-28(4,5)25(33)14-15-29(24,6)21(22)13-16-30(26,31)7/h11,13,18,20,23-26,32-33H,3,9-10,12,14-17H2,1-2,4-8H3,(H,34,35)/t20-,23-,24+,25?,26+,29?,30-,31+/m1/s1. The van der Waals surface area contributed by atoms with Crippen LogP contribution in [0.2, 0.25) is 0 Å². The molecule has 0 spiro atoms. The van der Waals surface area contributed by atoms with E-state index in [0.717, 1.165) is 31.3 Å². The highest BCUT2D eigenvalue weighted by Crippen LogP contribution is 2.71. The first kappa shape index (κ1) is 26.7. The van der Waals surface area contributed by atoms with E-state index in [-0.39, 0.29) is 33.7 Å². The van der Waals surface area contributed by atoms with Crippen LogP contribution in [0, 0.1) is 45.3 Å². The summed E-state index contributed by atoms with van der Waals surface area (Å²) in [5, 5.41) is 32.6. The zero-order valence-corrected chi connectivity index (χ0v) is 23.0. The topological polar surface area (TPSA) is 77.8 Å². The Hall–Kier alpha value is -1.39. The van der Waals surface area contributed by atoms with E-state index < -0.39 is 18.0 Å². The number of aliphatic hydroxyl groups is 2. The first-order chi connectivity index (χ1) is 16.1. The maximum Gasteiger partial charge on any atom is 0.306 e. The van der Waals surface area contributed by atoms with Crippen LogP contribution in [-0.2, 0) is 4.79 Å². The monoisotopic (exact) mass is 484 g/mol. The highest BCUT2D eigenvalue weighted by Gasteiger charge is 2.66. The van der Waals surface area contributed by atoms with Gasteiger partial charge in [-0.2, -0.15) is 0 Å². The molecule has 2 saturated carbocycles. The van der Waals surface area contributed by atoms with E-state index in [4.69, 9.17) is 0 Å². The molecule has 2 fully saturated rings. The number of aliphatic hydroxyl groups excluding tert-OH is 2. The van der Waals surface area contributed by atoms with Crippen molar-refractivity contribution in [2.45, 2.75) is 106 Å². The van der Waals surface area contributed by atoms with E-state index in [2.05, 4.69) is 67.2 Å². The molecule has 0 aromatic carbocycles. The molecule has 0 amide bonds. The third-order valence-electron chi connectivity index (χ3n) is 11.6. The summed E-state index contributed by atoms with van der Waals surface area (Å²) in [7, 11) is 0. The predicted molar refractivity (Wildman–Crippen MR) is 141 cm³/mol. The van der Waals surface area contributed by atoms with Gasteiger partial charge >= 0.3 is 5.97 Å². The predicted octanol–water partition coefficient (Wildman–Crippen LogP) is 6.54. The van der Waals surface area contributed by atoms with Crippen molar-refractivity contribution in [2.75, 3.05) is 0 Å². The van der Waals surface area contributed by atoms with Gasteiger partial charge in [-0.05, 0) is 84.2 Å². The Morgan fingerprint density at radius 3 is 2.37 bits per heavy atom. The zero-order chi connectivity index (χ0) is 26.1. The van der Waals surface area contributed by atoms with E-state index in [1.807, 2.05) is 0 Å². The average molecular weight is 485 g/mol. The number of aliphatic carboxylic acids is 1. The second-order valence-corrected chi connectivity index (χ2v) is 13.9. The first-order valence-electron chi connectivity index (χ1n) is 13.8. The molecular formula is C31H48O4. The minimum absolute atomic E-state index is 0.00139. The molecule has 2 unspecified atom stereocenters. The summed E-state index contributed by atoms with van der Waals surface area (Å²) >= 11 is 0. The van der Waals surface area contributed by atoms with Crippen molar-refractivity contribution < 1.29 is 20.1 Å². The Balaban J connectivity index is 1.72. The van der Waals surface area contributed by atoms with Crippen molar-refractivity contribution in [1.82, 2.24) is 0 Å².